The first-order chi connectivity index (χ1) is 10.0. The van der Waals surface area contributed by atoms with Crippen molar-refractivity contribution in [2.75, 3.05) is 12.1 Å². The fraction of sp³-hybridized carbons (Fsp3) is 0.133. The van der Waals surface area contributed by atoms with Crippen LogP contribution >= 0.6 is 27.5 Å². The molecule has 1 aliphatic rings. The molecule has 2 aromatic rings. The SMILES string of the molecule is Cc1cc(Br)ccc1NC(=O)c1cc(Cl)c2c(c1)OCO2. The van der Waals surface area contributed by atoms with Crippen LogP contribution in [-0.4, -0.2) is 12.7 Å². The molecule has 0 bridgehead atoms. The maximum atomic E-state index is 12.3. The first-order valence-corrected chi connectivity index (χ1v) is 7.38. The van der Waals surface area contributed by atoms with E-state index < -0.39 is 0 Å². The molecule has 2 aromatic carbocycles. The zero-order valence-corrected chi connectivity index (χ0v) is 13.4. The molecule has 0 saturated carbocycles. The summed E-state index contributed by atoms with van der Waals surface area (Å²) in [4.78, 5) is 12.3. The standard InChI is InChI=1S/C15H11BrClNO3/c1-8-4-10(16)2-3-12(8)18-15(19)9-5-11(17)14-13(6-9)20-7-21-14/h2-6H,7H2,1H3,(H,18,19). The minimum Gasteiger partial charge on any atom is -0.454 e. The number of amides is 1. The van der Waals surface area contributed by atoms with E-state index >= 15 is 0 Å². The third-order valence-electron chi connectivity index (χ3n) is 3.13. The van der Waals surface area contributed by atoms with E-state index in [1.54, 1.807) is 12.1 Å². The Morgan fingerprint density at radius 2 is 2.10 bits per heavy atom. The Labute approximate surface area is 135 Å². The number of benzene rings is 2. The van der Waals surface area contributed by atoms with Gasteiger partial charge in [0.05, 0.1) is 5.02 Å². The van der Waals surface area contributed by atoms with Gasteiger partial charge in [-0.15, -0.1) is 0 Å². The van der Waals surface area contributed by atoms with E-state index in [-0.39, 0.29) is 12.7 Å². The van der Waals surface area contributed by atoms with Crippen LogP contribution in [0.5, 0.6) is 11.5 Å². The van der Waals surface area contributed by atoms with Gasteiger partial charge in [-0.1, -0.05) is 27.5 Å². The van der Waals surface area contributed by atoms with Gasteiger partial charge in [0.1, 0.15) is 0 Å². The fourth-order valence-electron chi connectivity index (χ4n) is 2.06. The largest absolute Gasteiger partial charge is 0.454 e. The number of fused-ring (bicyclic) bond motifs is 1. The van der Waals surface area contributed by atoms with Gasteiger partial charge >= 0.3 is 0 Å². The molecule has 21 heavy (non-hydrogen) atoms. The number of hydrogen-bond donors (Lipinski definition) is 1. The summed E-state index contributed by atoms with van der Waals surface area (Å²) in [5.74, 6) is 0.717. The minimum absolute atomic E-state index is 0.117. The fourth-order valence-corrected chi connectivity index (χ4v) is 2.80. The van der Waals surface area contributed by atoms with Gasteiger partial charge in [0.2, 0.25) is 6.79 Å². The van der Waals surface area contributed by atoms with Crippen LogP contribution in [0.4, 0.5) is 5.69 Å². The zero-order chi connectivity index (χ0) is 15.0. The monoisotopic (exact) mass is 367 g/mol. The normalized spacial score (nSPS) is 12.3. The smallest absolute Gasteiger partial charge is 0.255 e. The third kappa shape index (κ3) is 2.84. The molecule has 0 fully saturated rings. The molecule has 0 saturated heterocycles. The second-order valence-electron chi connectivity index (χ2n) is 4.61. The van der Waals surface area contributed by atoms with Crippen molar-refractivity contribution < 1.29 is 14.3 Å². The van der Waals surface area contributed by atoms with Crippen molar-refractivity contribution in [1.82, 2.24) is 0 Å². The van der Waals surface area contributed by atoms with Crippen molar-refractivity contribution >= 4 is 39.1 Å². The lowest BCUT2D eigenvalue weighted by atomic mass is 10.1. The Morgan fingerprint density at radius 3 is 2.86 bits per heavy atom. The maximum absolute atomic E-state index is 12.3. The first-order valence-electron chi connectivity index (χ1n) is 6.21. The number of carbonyl (C=O) groups excluding carboxylic acids is 1. The molecule has 1 amide bonds. The van der Waals surface area contributed by atoms with E-state index in [2.05, 4.69) is 21.2 Å². The number of aryl methyl sites for hydroxylation is 1. The maximum Gasteiger partial charge on any atom is 0.255 e. The summed E-state index contributed by atoms with van der Waals surface area (Å²) in [5.41, 5.74) is 2.13. The van der Waals surface area contributed by atoms with Crippen molar-refractivity contribution in [1.29, 1.82) is 0 Å². The van der Waals surface area contributed by atoms with Crippen LogP contribution < -0.4 is 14.8 Å². The molecule has 0 radical (unpaired) electrons. The van der Waals surface area contributed by atoms with Crippen molar-refractivity contribution in [3.05, 3.63) is 51.0 Å². The van der Waals surface area contributed by atoms with E-state index in [0.29, 0.717) is 22.1 Å². The van der Waals surface area contributed by atoms with Gasteiger partial charge < -0.3 is 14.8 Å². The van der Waals surface area contributed by atoms with Gasteiger partial charge in [0.15, 0.2) is 11.5 Å². The number of ether oxygens (including phenoxy) is 2. The lowest BCUT2D eigenvalue weighted by Gasteiger charge is -2.10. The summed E-state index contributed by atoms with van der Waals surface area (Å²) in [7, 11) is 0. The van der Waals surface area contributed by atoms with Crippen molar-refractivity contribution in [3.63, 3.8) is 0 Å². The molecule has 1 heterocycles. The molecule has 0 unspecified atom stereocenters. The molecule has 0 aromatic heterocycles. The number of nitrogens with one attached hydrogen (secondary N) is 1. The summed E-state index contributed by atoms with van der Waals surface area (Å²) in [6.45, 7) is 2.04. The summed E-state index contributed by atoms with van der Waals surface area (Å²) >= 11 is 9.47. The third-order valence-corrected chi connectivity index (χ3v) is 3.90. The minimum atomic E-state index is -0.249. The highest BCUT2D eigenvalue weighted by molar-refractivity contribution is 9.10. The molecule has 108 valence electrons. The molecule has 0 spiro atoms. The molecule has 4 nitrogen and oxygen atoms in total. The van der Waals surface area contributed by atoms with Crippen LogP contribution in [0.1, 0.15) is 15.9 Å². The molecule has 1 N–H and O–H groups in total. The summed E-state index contributed by atoms with van der Waals surface area (Å²) < 4.78 is 11.5. The number of anilines is 1. The summed E-state index contributed by atoms with van der Waals surface area (Å²) in [5, 5.41) is 3.22. The Kier molecular flexibility index (Phi) is 3.78. The van der Waals surface area contributed by atoms with E-state index in [1.807, 2.05) is 25.1 Å². The Balaban J connectivity index is 1.87. The van der Waals surface area contributed by atoms with E-state index in [0.717, 1.165) is 15.7 Å². The van der Waals surface area contributed by atoms with Gasteiger partial charge in [0.25, 0.3) is 5.91 Å². The number of carbonyl (C=O) groups is 1. The van der Waals surface area contributed by atoms with Crippen LogP contribution in [0.2, 0.25) is 5.02 Å². The highest BCUT2D eigenvalue weighted by Crippen LogP contribution is 2.39. The molecular formula is C15H11BrClNO3. The lowest BCUT2D eigenvalue weighted by molar-refractivity contribution is 0.102. The average Bonchev–Trinajstić information content (AvgIpc) is 2.90. The van der Waals surface area contributed by atoms with Crippen LogP contribution in [0.25, 0.3) is 0 Å². The van der Waals surface area contributed by atoms with Crippen LogP contribution in [0.15, 0.2) is 34.8 Å². The van der Waals surface area contributed by atoms with Crippen LogP contribution in [0.3, 0.4) is 0 Å². The van der Waals surface area contributed by atoms with Crippen LogP contribution in [0, 0.1) is 6.92 Å². The summed E-state index contributed by atoms with van der Waals surface area (Å²) in [6, 6.07) is 8.83. The van der Waals surface area contributed by atoms with Gasteiger partial charge in [-0.25, -0.2) is 0 Å². The molecule has 1 aliphatic heterocycles. The second-order valence-corrected chi connectivity index (χ2v) is 5.93. The zero-order valence-electron chi connectivity index (χ0n) is 11.1. The topological polar surface area (TPSA) is 47.6 Å². The van der Waals surface area contributed by atoms with E-state index in [9.17, 15) is 4.79 Å². The van der Waals surface area contributed by atoms with Crippen molar-refractivity contribution in [3.8, 4) is 11.5 Å². The van der Waals surface area contributed by atoms with E-state index in [1.165, 1.54) is 0 Å². The molecule has 6 heteroatoms. The molecule has 3 rings (SSSR count). The Morgan fingerprint density at radius 1 is 1.29 bits per heavy atom. The average molecular weight is 369 g/mol. The van der Waals surface area contributed by atoms with Crippen molar-refractivity contribution in [2.24, 2.45) is 0 Å². The van der Waals surface area contributed by atoms with Gasteiger partial charge in [-0.3, -0.25) is 4.79 Å². The molecular weight excluding hydrogens is 358 g/mol. The highest BCUT2D eigenvalue weighted by atomic mass is 79.9. The number of halogens is 2. The van der Waals surface area contributed by atoms with Gasteiger partial charge in [-0.05, 0) is 42.8 Å². The van der Waals surface area contributed by atoms with E-state index in [4.69, 9.17) is 21.1 Å². The van der Waals surface area contributed by atoms with Gasteiger partial charge in [-0.2, -0.15) is 0 Å². The van der Waals surface area contributed by atoms with Gasteiger partial charge in [0, 0.05) is 15.7 Å². The predicted molar refractivity (Wildman–Crippen MR) is 84.4 cm³/mol. The van der Waals surface area contributed by atoms with Crippen LogP contribution in [-0.2, 0) is 0 Å². The second kappa shape index (κ2) is 5.58. The Hall–Kier alpha value is -1.72. The molecule has 0 atom stereocenters. The number of hydrogen-bond acceptors (Lipinski definition) is 3. The lowest BCUT2D eigenvalue weighted by Crippen LogP contribution is -2.12. The number of rotatable bonds is 2. The first kappa shape index (κ1) is 14.2. The molecule has 0 aliphatic carbocycles. The summed E-state index contributed by atoms with van der Waals surface area (Å²) in [6.07, 6.45) is 0. The van der Waals surface area contributed by atoms with Crippen molar-refractivity contribution in [2.45, 2.75) is 6.92 Å². The Bertz CT molecular complexity index is 733. The quantitative estimate of drug-likeness (QED) is 0.855. The highest BCUT2D eigenvalue weighted by Gasteiger charge is 2.20. The predicted octanol–water partition coefficient (Wildman–Crippen LogP) is 4.39.